The molecule has 34 heavy (non-hydrogen) atoms. The molecule has 1 amide bonds. The lowest BCUT2D eigenvalue weighted by molar-refractivity contribution is 0.103. The van der Waals surface area contributed by atoms with Crippen LogP contribution in [0.15, 0.2) is 72.8 Å². The van der Waals surface area contributed by atoms with E-state index in [0.717, 1.165) is 21.3 Å². The van der Waals surface area contributed by atoms with Gasteiger partial charge in [-0.05, 0) is 71.0 Å². The molecule has 0 spiro atoms. The lowest BCUT2D eigenvalue weighted by Gasteiger charge is -2.22. The maximum atomic E-state index is 12.8. The second-order valence-electron chi connectivity index (χ2n) is 8.46. The van der Waals surface area contributed by atoms with Crippen LogP contribution in [0.25, 0.3) is 10.1 Å². The van der Waals surface area contributed by atoms with Gasteiger partial charge in [0.1, 0.15) is 0 Å². The number of benzene rings is 3. The summed E-state index contributed by atoms with van der Waals surface area (Å²) in [5.41, 5.74) is 3.31. The van der Waals surface area contributed by atoms with Crippen molar-refractivity contribution in [2.24, 2.45) is 0 Å². The van der Waals surface area contributed by atoms with Crippen LogP contribution >= 0.6 is 22.9 Å². The molecule has 4 aromatic rings. The van der Waals surface area contributed by atoms with E-state index in [1.165, 1.54) is 27.5 Å². The van der Waals surface area contributed by atoms with Gasteiger partial charge in [-0.3, -0.25) is 9.10 Å². The van der Waals surface area contributed by atoms with Crippen molar-refractivity contribution in [3.05, 3.63) is 93.8 Å². The molecule has 176 valence electrons. The van der Waals surface area contributed by atoms with Crippen LogP contribution in [0.1, 0.15) is 40.6 Å². The van der Waals surface area contributed by atoms with Gasteiger partial charge in [-0.1, -0.05) is 49.7 Å². The van der Waals surface area contributed by atoms with Crippen molar-refractivity contribution in [2.75, 3.05) is 15.9 Å². The van der Waals surface area contributed by atoms with E-state index in [9.17, 15) is 13.2 Å². The molecule has 0 saturated carbocycles. The summed E-state index contributed by atoms with van der Waals surface area (Å²) in [6.07, 6.45) is 1.18. The standard InChI is InChI=1S/C26H25ClN2O3S2/c1-17(2)19-6-10-22(11-7-19)28-26(30)25-15-20-14-23(12-13-24(20)33-25)29(34(3,31)32)16-18-4-8-21(27)9-5-18/h4-15,17H,16H2,1-3H3,(H,28,30). The number of amides is 1. The van der Waals surface area contributed by atoms with Crippen molar-refractivity contribution < 1.29 is 13.2 Å². The van der Waals surface area contributed by atoms with Crippen LogP contribution in [0, 0.1) is 0 Å². The molecule has 5 nitrogen and oxygen atoms in total. The van der Waals surface area contributed by atoms with Crippen molar-refractivity contribution in [1.82, 2.24) is 0 Å². The van der Waals surface area contributed by atoms with Gasteiger partial charge in [0.15, 0.2) is 0 Å². The van der Waals surface area contributed by atoms with Crippen LogP contribution in [0.2, 0.25) is 5.02 Å². The summed E-state index contributed by atoms with van der Waals surface area (Å²) in [6.45, 7) is 4.43. The number of anilines is 2. The third kappa shape index (κ3) is 5.60. The van der Waals surface area contributed by atoms with Crippen LogP contribution < -0.4 is 9.62 Å². The second-order valence-corrected chi connectivity index (χ2v) is 11.9. The molecule has 1 heterocycles. The largest absolute Gasteiger partial charge is 0.321 e. The van der Waals surface area contributed by atoms with E-state index < -0.39 is 10.0 Å². The molecule has 0 fully saturated rings. The van der Waals surface area contributed by atoms with Gasteiger partial charge in [0, 0.05) is 15.4 Å². The second kappa shape index (κ2) is 9.78. The number of thiophene rings is 1. The molecule has 0 bridgehead atoms. The average Bonchev–Trinajstić information content (AvgIpc) is 3.22. The zero-order valence-electron chi connectivity index (χ0n) is 19.1. The summed E-state index contributed by atoms with van der Waals surface area (Å²) in [4.78, 5) is 13.4. The molecular formula is C26H25ClN2O3S2. The van der Waals surface area contributed by atoms with Crippen LogP contribution in [0.3, 0.4) is 0 Å². The Morgan fingerprint density at radius 2 is 1.68 bits per heavy atom. The van der Waals surface area contributed by atoms with Crippen LogP contribution in [-0.4, -0.2) is 20.6 Å². The maximum Gasteiger partial charge on any atom is 0.265 e. The van der Waals surface area contributed by atoms with E-state index in [2.05, 4.69) is 19.2 Å². The van der Waals surface area contributed by atoms with Gasteiger partial charge in [0.2, 0.25) is 10.0 Å². The highest BCUT2D eigenvalue weighted by Crippen LogP contribution is 2.32. The number of rotatable bonds is 7. The smallest absolute Gasteiger partial charge is 0.265 e. The highest BCUT2D eigenvalue weighted by Gasteiger charge is 2.19. The molecule has 0 radical (unpaired) electrons. The minimum absolute atomic E-state index is 0.186. The third-order valence-corrected chi connectivity index (χ3v) is 7.99. The Bertz CT molecular complexity index is 1430. The summed E-state index contributed by atoms with van der Waals surface area (Å²) in [6, 6.07) is 22.1. The first kappa shape index (κ1) is 24.3. The molecule has 0 atom stereocenters. The number of halogens is 1. The molecule has 1 N–H and O–H groups in total. The molecular weight excluding hydrogens is 488 g/mol. The van der Waals surface area contributed by atoms with Crippen molar-refractivity contribution in [3.63, 3.8) is 0 Å². The van der Waals surface area contributed by atoms with E-state index in [1.54, 1.807) is 42.5 Å². The van der Waals surface area contributed by atoms with Crippen molar-refractivity contribution in [3.8, 4) is 0 Å². The molecule has 0 aliphatic carbocycles. The molecule has 0 saturated heterocycles. The number of fused-ring (bicyclic) bond motifs is 1. The number of hydrogen-bond donors (Lipinski definition) is 1. The lowest BCUT2D eigenvalue weighted by atomic mass is 10.0. The average molecular weight is 513 g/mol. The number of nitrogens with zero attached hydrogens (tertiary/aromatic N) is 1. The fourth-order valence-electron chi connectivity index (χ4n) is 3.60. The van der Waals surface area contributed by atoms with Gasteiger partial charge < -0.3 is 5.32 Å². The number of nitrogens with one attached hydrogen (secondary N) is 1. The van der Waals surface area contributed by atoms with Crippen LogP contribution in [0.5, 0.6) is 0 Å². The number of carbonyl (C=O) groups excluding carboxylic acids is 1. The molecule has 0 aliphatic heterocycles. The van der Waals surface area contributed by atoms with Gasteiger partial charge in [0.05, 0.1) is 23.4 Å². The summed E-state index contributed by atoms with van der Waals surface area (Å²) in [7, 11) is -3.53. The summed E-state index contributed by atoms with van der Waals surface area (Å²) in [5.74, 6) is 0.230. The minimum Gasteiger partial charge on any atom is -0.321 e. The Morgan fingerprint density at radius 1 is 1.00 bits per heavy atom. The van der Waals surface area contributed by atoms with Gasteiger partial charge in [-0.25, -0.2) is 8.42 Å². The Labute approximate surface area is 209 Å². The molecule has 4 rings (SSSR count). The molecule has 0 unspecified atom stereocenters. The number of hydrogen-bond acceptors (Lipinski definition) is 4. The number of carbonyl (C=O) groups is 1. The Morgan fingerprint density at radius 3 is 2.29 bits per heavy atom. The first-order valence-corrected chi connectivity index (χ1v) is 13.8. The van der Waals surface area contributed by atoms with E-state index in [1.807, 2.05) is 30.3 Å². The monoisotopic (exact) mass is 512 g/mol. The normalized spacial score (nSPS) is 11.7. The van der Waals surface area contributed by atoms with Crippen molar-refractivity contribution in [1.29, 1.82) is 0 Å². The van der Waals surface area contributed by atoms with Crippen LogP contribution in [0.4, 0.5) is 11.4 Å². The highest BCUT2D eigenvalue weighted by atomic mass is 35.5. The van der Waals surface area contributed by atoms with E-state index in [-0.39, 0.29) is 12.5 Å². The van der Waals surface area contributed by atoms with Gasteiger partial charge >= 0.3 is 0 Å². The van der Waals surface area contributed by atoms with Crippen LogP contribution in [-0.2, 0) is 16.6 Å². The highest BCUT2D eigenvalue weighted by molar-refractivity contribution is 7.92. The lowest BCUT2D eigenvalue weighted by Crippen LogP contribution is -2.29. The van der Waals surface area contributed by atoms with Gasteiger partial charge in [-0.2, -0.15) is 0 Å². The van der Waals surface area contributed by atoms with Crippen molar-refractivity contribution in [2.45, 2.75) is 26.3 Å². The molecule has 8 heteroatoms. The first-order valence-electron chi connectivity index (χ1n) is 10.8. The van der Waals surface area contributed by atoms with Gasteiger partial charge in [-0.15, -0.1) is 11.3 Å². The van der Waals surface area contributed by atoms with Gasteiger partial charge in [0.25, 0.3) is 5.91 Å². The topological polar surface area (TPSA) is 66.5 Å². The SMILES string of the molecule is CC(C)c1ccc(NC(=O)c2cc3cc(N(Cc4ccc(Cl)cc4)S(C)(=O)=O)ccc3s2)cc1. The zero-order valence-corrected chi connectivity index (χ0v) is 21.5. The molecule has 3 aromatic carbocycles. The zero-order chi connectivity index (χ0) is 24.5. The van der Waals surface area contributed by atoms with E-state index in [4.69, 9.17) is 11.6 Å². The predicted octanol–water partition coefficient (Wildman–Crippen LogP) is 6.90. The Hall–Kier alpha value is -2.87. The molecule has 1 aromatic heterocycles. The minimum atomic E-state index is -3.53. The Kier molecular flexibility index (Phi) is 6.98. The van der Waals surface area contributed by atoms with Crippen molar-refractivity contribution >= 4 is 60.3 Å². The first-order chi connectivity index (χ1) is 16.1. The fourth-order valence-corrected chi connectivity index (χ4v) is 5.54. The number of sulfonamides is 1. The fraction of sp³-hybridized carbons (Fsp3) is 0.192. The van der Waals surface area contributed by atoms with E-state index >= 15 is 0 Å². The maximum absolute atomic E-state index is 12.8. The summed E-state index contributed by atoms with van der Waals surface area (Å²) >= 11 is 7.33. The summed E-state index contributed by atoms with van der Waals surface area (Å²) < 4.78 is 27.4. The Balaban J connectivity index is 1.58. The summed E-state index contributed by atoms with van der Waals surface area (Å²) in [5, 5.41) is 4.34. The molecule has 0 aliphatic rings. The third-order valence-electron chi connectivity index (χ3n) is 5.49. The van der Waals surface area contributed by atoms with E-state index in [0.29, 0.717) is 21.5 Å². The quantitative estimate of drug-likeness (QED) is 0.293. The predicted molar refractivity (Wildman–Crippen MR) is 143 cm³/mol.